The van der Waals surface area contributed by atoms with Crippen LogP contribution in [0, 0.1) is 5.92 Å². The van der Waals surface area contributed by atoms with Crippen LogP contribution >= 0.6 is 0 Å². The zero-order valence-electron chi connectivity index (χ0n) is 20.6. The monoisotopic (exact) mass is 467 g/mol. The summed E-state index contributed by atoms with van der Waals surface area (Å²) in [7, 11) is -2.22. The molecular formula is C26H37N3O3Si. The van der Waals surface area contributed by atoms with E-state index in [2.05, 4.69) is 38.8 Å². The Balaban J connectivity index is 1.76. The predicted molar refractivity (Wildman–Crippen MR) is 135 cm³/mol. The highest BCUT2D eigenvalue weighted by molar-refractivity contribution is 6.74. The van der Waals surface area contributed by atoms with Crippen molar-refractivity contribution in [2.24, 2.45) is 5.92 Å². The van der Waals surface area contributed by atoms with Gasteiger partial charge in [0.1, 0.15) is 11.4 Å². The van der Waals surface area contributed by atoms with Crippen molar-refractivity contribution >= 4 is 19.2 Å². The van der Waals surface area contributed by atoms with Crippen LogP contribution in [0.4, 0.5) is 0 Å². The molecule has 4 rings (SSSR count). The van der Waals surface area contributed by atoms with Crippen molar-refractivity contribution in [2.75, 3.05) is 0 Å². The first-order chi connectivity index (χ1) is 15.6. The van der Waals surface area contributed by atoms with Crippen LogP contribution in [0.2, 0.25) is 18.1 Å². The molecule has 2 N–H and O–H groups in total. The first-order valence-corrected chi connectivity index (χ1v) is 15.1. The third-order valence-electron chi connectivity index (χ3n) is 7.58. The summed E-state index contributed by atoms with van der Waals surface area (Å²) in [4.78, 5) is 21.2. The Morgan fingerprint density at radius 3 is 2.58 bits per heavy atom. The summed E-state index contributed by atoms with van der Waals surface area (Å²) in [5.41, 5.74) is 2.38. The molecule has 1 aromatic carbocycles. The highest BCUT2D eigenvalue weighted by atomic mass is 28.4. The van der Waals surface area contributed by atoms with Crippen molar-refractivity contribution in [1.29, 1.82) is 0 Å². The summed E-state index contributed by atoms with van der Waals surface area (Å²) < 4.78 is 7.45. The Hall–Kier alpha value is -2.54. The van der Waals surface area contributed by atoms with Gasteiger partial charge in [-0.1, -0.05) is 71.1 Å². The lowest BCUT2D eigenvalue weighted by atomic mass is 9.86. The minimum absolute atomic E-state index is 0.0236. The van der Waals surface area contributed by atoms with Gasteiger partial charge in [-0.25, -0.2) is 4.98 Å². The Bertz CT molecular complexity index is 1180. The highest BCUT2D eigenvalue weighted by Crippen LogP contribution is 2.38. The molecule has 0 spiro atoms. The van der Waals surface area contributed by atoms with Gasteiger partial charge in [0.25, 0.3) is 8.32 Å². The molecule has 0 unspecified atom stereocenters. The van der Waals surface area contributed by atoms with Crippen LogP contribution in [0.15, 0.2) is 35.3 Å². The lowest BCUT2D eigenvalue weighted by Gasteiger charge is -2.36. The first kappa shape index (κ1) is 23.6. The number of fused-ring (bicyclic) bond motifs is 1. The predicted octanol–water partition coefficient (Wildman–Crippen LogP) is 6.06. The summed E-state index contributed by atoms with van der Waals surface area (Å²) in [6.07, 6.45) is 8.76. The lowest BCUT2D eigenvalue weighted by Crippen LogP contribution is -2.45. The number of rotatable bonds is 6. The van der Waals surface area contributed by atoms with E-state index in [1.54, 1.807) is 0 Å². The van der Waals surface area contributed by atoms with Gasteiger partial charge in [0, 0.05) is 23.5 Å². The minimum atomic E-state index is -2.22. The quantitative estimate of drug-likeness (QED) is 0.341. The van der Waals surface area contributed by atoms with Gasteiger partial charge in [-0.05, 0) is 42.1 Å². The number of aromatic amines is 1. The van der Waals surface area contributed by atoms with Crippen LogP contribution in [-0.2, 0) is 12.8 Å². The van der Waals surface area contributed by atoms with Crippen LogP contribution in [0.1, 0.15) is 69.8 Å². The zero-order valence-corrected chi connectivity index (χ0v) is 21.6. The number of benzene rings is 1. The third kappa shape index (κ3) is 4.88. The molecule has 0 bridgehead atoms. The first-order valence-electron chi connectivity index (χ1n) is 12.1. The van der Waals surface area contributed by atoms with Crippen molar-refractivity contribution in [3.63, 3.8) is 0 Å². The molecule has 0 saturated heterocycles. The molecule has 0 aliphatic heterocycles. The molecule has 7 heteroatoms. The third-order valence-corrected chi connectivity index (χ3v) is 11.9. The number of hydrogen-bond acceptors (Lipinski definition) is 4. The van der Waals surface area contributed by atoms with Crippen LogP contribution in [0.5, 0.6) is 5.88 Å². The molecule has 2 aromatic heterocycles. The number of para-hydroxylation sites is 1. The fraction of sp³-hybridized carbons (Fsp3) is 0.538. The van der Waals surface area contributed by atoms with E-state index in [1.807, 2.05) is 30.5 Å². The fourth-order valence-electron chi connectivity index (χ4n) is 4.46. The standard InChI is InChI=1S/C26H37N3O3Si/c1-26(2,3)33(4,5)32-24-23(15-18-11-7-6-8-12-18)29(31)25(30)22(28-24)16-19-17-27-21-14-10-9-13-20(19)21/h9-10,13-14,17-18,27,31H,6-8,11-12,15-16H2,1-5H3. The second-order valence-electron chi connectivity index (χ2n) is 11.0. The molecule has 178 valence electrons. The maximum absolute atomic E-state index is 13.2. The number of hydrogen-bond donors (Lipinski definition) is 2. The zero-order chi connectivity index (χ0) is 23.8. The molecule has 1 fully saturated rings. The van der Waals surface area contributed by atoms with E-state index in [0.717, 1.165) is 34.0 Å². The lowest BCUT2D eigenvalue weighted by molar-refractivity contribution is 0.154. The van der Waals surface area contributed by atoms with Gasteiger partial charge < -0.3 is 14.6 Å². The van der Waals surface area contributed by atoms with Crippen molar-refractivity contribution in [2.45, 2.75) is 83.8 Å². The van der Waals surface area contributed by atoms with Crippen molar-refractivity contribution < 1.29 is 9.63 Å². The van der Waals surface area contributed by atoms with Gasteiger partial charge in [-0.3, -0.25) is 4.79 Å². The molecular weight excluding hydrogens is 430 g/mol. The van der Waals surface area contributed by atoms with Gasteiger partial charge in [0.05, 0.1) is 0 Å². The Kier molecular flexibility index (Phi) is 6.45. The summed E-state index contributed by atoms with van der Waals surface area (Å²) >= 11 is 0. The average molecular weight is 468 g/mol. The molecule has 2 heterocycles. The molecule has 0 amide bonds. The molecule has 6 nitrogen and oxygen atoms in total. The molecule has 0 radical (unpaired) electrons. The maximum atomic E-state index is 13.2. The molecule has 1 aliphatic rings. The molecule has 0 atom stereocenters. The van der Waals surface area contributed by atoms with E-state index in [-0.39, 0.29) is 5.04 Å². The van der Waals surface area contributed by atoms with Crippen molar-refractivity contribution in [3.05, 3.63) is 57.8 Å². The summed E-state index contributed by atoms with van der Waals surface area (Å²) in [5, 5.41) is 12.1. The Morgan fingerprint density at radius 1 is 1.18 bits per heavy atom. The average Bonchev–Trinajstić information content (AvgIpc) is 3.17. The summed E-state index contributed by atoms with van der Waals surface area (Å²) in [6.45, 7) is 10.9. The molecule has 1 saturated carbocycles. The van der Waals surface area contributed by atoms with E-state index in [0.29, 0.717) is 36.0 Å². The van der Waals surface area contributed by atoms with Crippen LogP contribution < -0.4 is 9.99 Å². The molecule has 3 aromatic rings. The smallest absolute Gasteiger partial charge is 0.305 e. The van der Waals surface area contributed by atoms with E-state index < -0.39 is 13.9 Å². The Labute approximate surface area is 197 Å². The fourth-order valence-corrected chi connectivity index (χ4v) is 5.41. The number of nitrogens with one attached hydrogen (secondary N) is 1. The SMILES string of the molecule is CC(C)(C)[Si](C)(C)Oc1nc(Cc2c[nH]c3ccccc23)c(=O)n(O)c1CC1CCCCC1. The molecule has 1 aliphatic carbocycles. The highest BCUT2D eigenvalue weighted by Gasteiger charge is 2.40. The van der Waals surface area contributed by atoms with E-state index >= 15 is 0 Å². The Morgan fingerprint density at radius 2 is 1.88 bits per heavy atom. The molecule has 33 heavy (non-hydrogen) atoms. The van der Waals surface area contributed by atoms with Gasteiger partial charge in [-0.2, -0.15) is 0 Å². The largest absolute Gasteiger partial charge is 0.529 e. The van der Waals surface area contributed by atoms with Crippen LogP contribution in [0.25, 0.3) is 10.9 Å². The second kappa shape index (κ2) is 9.01. The van der Waals surface area contributed by atoms with Crippen LogP contribution in [-0.4, -0.2) is 28.2 Å². The van der Waals surface area contributed by atoms with E-state index in [9.17, 15) is 10.0 Å². The van der Waals surface area contributed by atoms with E-state index in [4.69, 9.17) is 9.41 Å². The maximum Gasteiger partial charge on any atom is 0.305 e. The normalized spacial score (nSPS) is 15.8. The number of H-pyrrole nitrogens is 1. The topological polar surface area (TPSA) is 80.1 Å². The number of nitrogens with zero attached hydrogens (tertiary/aromatic N) is 2. The van der Waals surface area contributed by atoms with E-state index in [1.165, 1.54) is 19.3 Å². The minimum Gasteiger partial charge on any atom is -0.529 e. The van der Waals surface area contributed by atoms with Gasteiger partial charge in [0.15, 0.2) is 0 Å². The van der Waals surface area contributed by atoms with Crippen molar-refractivity contribution in [3.8, 4) is 5.88 Å². The number of aromatic nitrogens is 3. The van der Waals surface area contributed by atoms with Crippen molar-refractivity contribution in [1.82, 2.24) is 14.7 Å². The van der Waals surface area contributed by atoms with Gasteiger partial charge in [0.2, 0.25) is 5.88 Å². The van der Waals surface area contributed by atoms with Gasteiger partial charge in [-0.15, -0.1) is 4.73 Å². The summed E-state index contributed by atoms with van der Waals surface area (Å²) in [6, 6.07) is 8.00. The second-order valence-corrected chi connectivity index (χ2v) is 15.8. The van der Waals surface area contributed by atoms with Crippen LogP contribution in [0.3, 0.4) is 0 Å². The summed E-state index contributed by atoms with van der Waals surface area (Å²) in [5.74, 6) is 0.878. The van der Waals surface area contributed by atoms with Gasteiger partial charge >= 0.3 is 5.56 Å².